The first-order valence-electron chi connectivity index (χ1n) is 7.80. The summed E-state index contributed by atoms with van der Waals surface area (Å²) in [5.74, 6) is 0.358. The minimum absolute atomic E-state index is 0.145. The average Bonchev–Trinajstić information content (AvgIpc) is 3.08. The van der Waals surface area contributed by atoms with Crippen LogP contribution in [0.4, 0.5) is 5.69 Å². The second-order valence-electron chi connectivity index (χ2n) is 5.41. The lowest BCUT2D eigenvalue weighted by atomic mass is 10.2. The fourth-order valence-corrected chi connectivity index (χ4v) is 2.39. The molecule has 0 spiro atoms. The van der Waals surface area contributed by atoms with Crippen molar-refractivity contribution >= 4 is 29.2 Å². The van der Waals surface area contributed by atoms with Crippen LogP contribution >= 0.6 is 11.6 Å². The first-order chi connectivity index (χ1) is 12.5. The van der Waals surface area contributed by atoms with Crippen LogP contribution in [0.15, 0.2) is 42.5 Å². The standard InChI is InChI=1S/C18H16ClNO6/c1-11(26-17(21)9-23-14-5-3-2-4-13(14)19)18(22)20-12-6-7-15-16(8-12)25-10-24-15/h2-8,11H,9-10H2,1H3,(H,20,22)/t11-/m1/s1. The highest BCUT2D eigenvalue weighted by Gasteiger charge is 2.20. The Morgan fingerprint density at radius 2 is 1.96 bits per heavy atom. The monoisotopic (exact) mass is 377 g/mol. The van der Waals surface area contributed by atoms with Crippen molar-refractivity contribution in [3.63, 3.8) is 0 Å². The molecule has 0 radical (unpaired) electrons. The summed E-state index contributed by atoms with van der Waals surface area (Å²) in [6.45, 7) is 1.26. The van der Waals surface area contributed by atoms with Gasteiger partial charge in [-0.3, -0.25) is 4.79 Å². The van der Waals surface area contributed by atoms with E-state index in [0.717, 1.165) is 0 Å². The maximum atomic E-state index is 12.2. The van der Waals surface area contributed by atoms with Crippen LogP contribution in [0.3, 0.4) is 0 Å². The molecule has 0 aromatic heterocycles. The number of hydrogen-bond acceptors (Lipinski definition) is 6. The van der Waals surface area contributed by atoms with Gasteiger partial charge in [0.2, 0.25) is 6.79 Å². The summed E-state index contributed by atoms with van der Waals surface area (Å²) >= 11 is 5.93. The van der Waals surface area contributed by atoms with E-state index in [1.165, 1.54) is 6.92 Å². The second-order valence-corrected chi connectivity index (χ2v) is 5.82. The lowest BCUT2D eigenvalue weighted by Crippen LogP contribution is -2.31. The summed E-state index contributed by atoms with van der Waals surface area (Å²) in [5, 5.41) is 3.03. The van der Waals surface area contributed by atoms with Crippen LogP contribution < -0.4 is 19.5 Å². The van der Waals surface area contributed by atoms with Gasteiger partial charge in [-0.05, 0) is 31.2 Å². The van der Waals surface area contributed by atoms with Crippen molar-refractivity contribution in [3.05, 3.63) is 47.5 Å². The molecule has 0 unspecified atom stereocenters. The Balaban J connectivity index is 1.49. The van der Waals surface area contributed by atoms with Crippen molar-refractivity contribution in [2.24, 2.45) is 0 Å². The van der Waals surface area contributed by atoms with Crippen molar-refractivity contribution in [1.82, 2.24) is 0 Å². The van der Waals surface area contributed by atoms with Gasteiger partial charge in [-0.15, -0.1) is 0 Å². The first kappa shape index (κ1) is 17.9. The third kappa shape index (κ3) is 4.37. The van der Waals surface area contributed by atoms with E-state index in [1.807, 2.05) is 0 Å². The molecule has 2 aromatic carbocycles. The molecule has 1 aliphatic rings. The van der Waals surface area contributed by atoms with Crippen molar-refractivity contribution in [2.45, 2.75) is 13.0 Å². The number of hydrogen-bond donors (Lipinski definition) is 1. The molecule has 1 atom stereocenters. The molecule has 3 rings (SSSR count). The number of nitrogens with one attached hydrogen (secondary N) is 1. The highest BCUT2D eigenvalue weighted by atomic mass is 35.5. The molecule has 2 aromatic rings. The lowest BCUT2D eigenvalue weighted by Gasteiger charge is -2.14. The minimum atomic E-state index is -0.997. The van der Waals surface area contributed by atoms with Crippen molar-refractivity contribution < 1.29 is 28.5 Å². The minimum Gasteiger partial charge on any atom is -0.480 e. The molecule has 0 saturated heterocycles. The van der Waals surface area contributed by atoms with E-state index in [1.54, 1.807) is 42.5 Å². The van der Waals surface area contributed by atoms with Gasteiger partial charge in [-0.1, -0.05) is 23.7 Å². The van der Waals surface area contributed by atoms with Crippen molar-refractivity contribution in [3.8, 4) is 17.2 Å². The van der Waals surface area contributed by atoms with Gasteiger partial charge in [0.15, 0.2) is 24.2 Å². The zero-order valence-electron chi connectivity index (χ0n) is 13.9. The fraction of sp³-hybridized carbons (Fsp3) is 0.222. The van der Waals surface area contributed by atoms with Gasteiger partial charge in [0.1, 0.15) is 5.75 Å². The Morgan fingerprint density at radius 3 is 2.77 bits per heavy atom. The summed E-state index contributed by atoms with van der Waals surface area (Å²) in [6, 6.07) is 11.7. The van der Waals surface area contributed by atoms with Crippen LogP contribution in [-0.4, -0.2) is 31.4 Å². The lowest BCUT2D eigenvalue weighted by molar-refractivity contribution is -0.155. The molecule has 1 N–H and O–H groups in total. The number of rotatable bonds is 6. The predicted molar refractivity (Wildman–Crippen MR) is 93.7 cm³/mol. The molecular formula is C18H16ClNO6. The average molecular weight is 378 g/mol. The van der Waals surface area contributed by atoms with Crippen molar-refractivity contribution in [1.29, 1.82) is 0 Å². The molecule has 0 aliphatic carbocycles. The summed E-state index contributed by atoms with van der Waals surface area (Å²) in [6.07, 6.45) is -0.997. The molecule has 1 heterocycles. The van der Waals surface area contributed by atoms with Gasteiger partial charge in [-0.25, -0.2) is 4.79 Å². The van der Waals surface area contributed by atoms with Crippen LogP contribution in [0.25, 0.3) is 0 Å². The number of anilines is 1. The SMILES string of the molecule is C[C@@H](OC(=O)COc1ccccc1Cl)C(=O)Nc1ccc2c(c1)OCO2. The summed E-state index contributed by atoms with van der Waals surface area (Å²) in [7, 11) is 0. The zero-order chi connectivity index (χ0) is 18.5. The summed E-state index contributed by atoms with van der Waals surface area (Å²) < 4.78 is 20.8. The molecule has 1 aliphatic heterocycles. The maximum Gasteiger partial charge on any atom is 0.344 e. The van der Waals surface area contributed by atoms with E-state index in [4.69, 9.17) is 30.5 Å². The summed E-state index contributed by atoms with van der Waals surface area (Å²) in [4.78, 5) is 24.0. The quantitative estimate of drug-likeness (QED) is 0.779. The van der Waals surface area contributed by atoms with E-state index in [0.29, 0.717) is 28.0 Å². The third-order valence-corrected chi connectivity index (χ3v) is 3.81. The van der Waals surface area contributed by atoms with E-state index >= 15 is 0 Å². The molecular weight excluding hydrogens is 362 g/mol. The highest BCUT2D eigenvalue weighted by Crippen LogP contribution is 2.34. The largest absolute Gasteiger partial charge is 0.480 e. The van der Waals surface area contributed by atoms with Gasteiger partial charge in [0.05, 0.1) is 5.02 Å². The molecule has 8 heteroatoms. The molecule has 7 nitrogen and oxygen atoms in total. The molecule has 0 bridgehead atoms. The maximum absolute atomic E-state index is 12.2. The van der Waals surface area contributed by atoms with Gasteiger partial charge in [-0.2, -0.15) is 0 Å². The van der Waals surface area contributed by atoms with E-state index in [9.17, 15) is 9.59 Å². The number of benzene rings is 2. The highest BCUT2D eigenvalue weighted by molar-refractivity contribution is 6.32. The molecule has 136 valence electrons. The van der Waals surface area contributed by atoms with E-state index in [-0.39, 0.29) is 13.4 Å². The number of para-hydroxylation sites is 1. The molecule has 0 fully saturated rings. The number of carbonyl (C=O) groups excluding carboxylic acids is 2. The Kier molecular flexibility index (Phi) is 5.48. The number of esters is 1. The number of halogens is 1. The Hall–Kier alpha value is -2.93. The van der Waals surface area contributed by atoms with Gasteiger partial charge >= 0.3 is 5.97 Å². The first-order valence-corrected chi connectivity index (χ1v) is 8.18. The third-order valence-electron chi connectivity index (χ3n) is 3.50. The van der Waals surface area contributed by atoms with Crippen LogP contribution in [0, 0.1) is 0 Å². The predicted octanol–water partition coefficient (Wildman–Crippen LogP) is 3.02. The fourth-order valence-electron chi connectivity index (χ4n) is 2.20. The van der Waals surface area contributed by atoms with Gasteiger partial charge in [0, 0.05) is 11.8 Å². The van der Waals surface area contributed by atoms with Crippen molar-refractivity contribution in [2.75, 3.05) is 18.7 Å². The number of amides is 1. The smallest absolute Gasteiger partial charge is 0.344 e. The molecule has 0 saturated carbocycles. The summed E-state index contributed by atoms with van der Waals surface area (Å²) in [5.41, 5.74) is 0.509. The number of ether oxygens (including phenoxy) is 4. The van der Waals surface area contributed by atoms with Crippen LogP contribution in [0.1, 0.15) is 6.92 Å². The molecule has 1 amide bonds. The second kappa shape index (κ2) is 7.97. The molecule has 26 heavy (non-hydrogen) atoms. The van der Waals surface area contributed by atoms with Gasteiger partial charge < -0.3 is 24.3 Å². The number of fused-ring (bicyclic) bond motifs is 1. The van der Waals surface area contributed by atoms with E-state index < -0.39 is 18.0 Å². The Morgan fingerprint density at radius 1 is 1.19 bits per heavy atom. The van der Waals surface area contributed by atoms with Crippen LogP contribution in [0.5, 0.6) is 17.2 Å². The van der Waals surface area contributed by atoms with Gasteiger partial charge in [0.25, 0.3) is 5.91 Å². The Labute approximate surface area is 154 Å². The van der Waals surface area contributed by atoms with Crippen LogP contribution in [0.2, 0.25) is 5.02 Å². The zero-order valence-corrected chi connectivity index (χ0v) is 14.6. The van der Waals surface area contributed by atoms with Crippen LogP contribution in [-0.2, 0) is 14.3 Å². The number of carbonyl (C=O) groups is 2. The normalized spacial score (nSPS) is 13.0. The Bertz CT molecular complexity index is 825. The topological polar surface area (TPSA) is 83.1 Å². The van der Waals surface area contributed by atoms with E-state index in [2.05, 4.69) is 5.32 Å².